The molecule has 3 aromatic rings. The first-order chi connectivity index (χ1) is 9.65. The molecule has 102 valence electrons. The van der Waals surface area contributed by atoms with Gasteiger partial charge in [0.05, 0.1) is 6.20 Å². The Labute approximate surface area is 113 Å². The van der Waals surface area contributed by atoms with Crippen LogP contribution in [0.2, 0.25) is 0 Å². The van der Waals surface area contributed by atoms with Crippen LogP contribution in [0.15, 0.2) is 34.0 Å². The monoisotopic (exact) mass is 272 g/mol. The molecule has 8 nitrogen and oxygen atoms in total. The number of aromatic nitrogens is 6. The molecule has 0 saturated heterocycles. The van der Waals surface area contributed by atoms with Crippen molar-refractivity contribution in [1.82, 2.24) is 29.9 Å². The Morgan fingerprint density at radius 1 is 1.40 bits per heavy atom. The van der Waals surface area contributed by atoms with Gasteiger partial charge in [0, 0.05) is 18.4 Å². The number of hydrogen-bond donors (Lipinski definition) is 1. The number of nitrogens with one attached hydrogen (secondary N) is 1. The molecule has 0 radical (unpaired) electrons. The van der Waals surface area contributed by atoms with Crippen molar-refractivity contribution in [1.29, 1.82) is 0 Å². The second kappa shape index (κ2) is 4.72. The molecule has 3 rings (SSSR count). The molecule has 0 amide bonds. The van der Waals surface area contributed by atoms with Crippen molar-refractivity contribution in [2.24, 2.45) is 0 Å². The quantitative estimate of drug-likeness (QED) is 0.770. The highest BCUT2D eigenvalue weighted by molar-refractivity contribution is 5.53. The fraction of sp³-hybridized carbons (Fsp3) is 0.250. The first kappa shape index (κ1) is 12.3. The SMILES string of the molecule is CC(C)n1nccc1-c1nc(-c2c[nH]c(=O)cn2)no1. The summed E-state index contributed by atoms with van der Waals surface area (Å²) in [6.45, 7) is 4.02. The van der Waals surface area contributed by atoms with E-state index in [0.717, 1.165) is 5.69 Å². The Morgan fingerprint density at radius 3 is 2.95 bits per heavy atom. The van der Waals surface area contributed by atoms with E-state index in [4.69, 9.17) is 4.52 Å². The van der Waals surface area contributed by atoms with Crippen molar-refractivity contribution in [3.05, 3.63) is 35.0 Å². The van der Waals surface area contributed by atoms with E-state index >= 15 is 0 Å². The van der Waals surface area contributed by atoms with Crippen molar-refractivity contribution in [2.75, 3.05) is 0 Å². The predicted octanol–water partition coefficient (Wildman–Crippen LogP) is 1.26. The Balaban J connectivity index is 2.00. The molecule has 0 spiro atoms. The lowest BCUT2D eigenvalue weighted by molar-refractivity contribution is 0.423. The minimum Gasteiger partial charge on any atom is -0.332 e. The average Bonchev–Trinajstić information content (AvgIpc) is 3.08. The average molecular weight is 272 g/mol. The second-order valence-corrected chi connectivity index (χ2v) is 4.47. The van der Waals surface area contributed by atoms with Gasteiger partial charge in [0.25, 0.3) is 11.4 Å². The van der Waals surface area contributed by atoms with Gasteiger partial charge in [-0.05, 0) is 19.9 Å². The van der Waals surface area contributed by atoms with Gasteiger partial charge in [-0.3, -0.25) is 9.48 Å². The van der Waals surface area contributed by atoms with Crippen molar-refractivity contribution >= 4 is 0 Å². The molecule has 1 N–H and O–H groups in total. The molecule has 0 aliphatic carbocycles. The summed E-state index contributed by atoms with van der Waals surface area (Å²) in [6.07, 6.45) is 4.29. The van der Waals surface area contributed by atoms with Crippen molar-refractivity contribution in [3.63, 3.8) is 0 Å². The molecule has 0 fully saturated rings. The van der Waals surface area contributed by atoms with Gasteiger partial charge < -0.3 is 9.51 Å². The molecule has 0 aliphatic rings. The molecule has 0 unspecified atom stereocenters. The molecular weight excluding hydrogens is 260 g/mol. The van der Waals surface area contributed by atoms with Crippen LogP contribution in [-0.4, -0.2) is 29.9 Å². The maximum Gasteiger partial charge on any atom is 0.276 e. The van der Waals surface area contributed by atoms with Gasteiger partial charge in [-0.1, -0.05) is 5.16 Å². The van der Waals surface area contributed by atoms with Gasteiger partial charge in [0.2, 0.25) is 5.82 Å². The molecule has 0 atom stereocenters. The summed E-state index contributed by atoms with van der Waals surface area (Å²) in [7, 11) is 0. The molecule has 3 heterocycles. The van der Waals surface area contributed by atoms with Crippen molar-refractivity contribution < 1.29 is 4.52 Å². The number of H-pyrrole nitrogens is 1. The molecule has 0 saturated carbocycles. The molecular formula is C12H12N6O2. The summed E-state index contributed by atoms with van der Waals surface area (Å²) in [6, 6.07) is 1.99. The largest absolute Gasteiger partial charge is 0.332 e. The van der Waals surface area contributed by atoms with Crippen LogP contribution in [0.3, 0.4) is 0 Å². The van der Waals surface area contributed by atoms with Gasteiger partial charge in [0.1, 0.15) is 11.4 Å². The van der Waals surface area contributed by atoms with Crippen LogP contribution in [0, 0.1) is 0 Å². The highest BCUT2D eigenvalue weighted by atomic mass is 16.5. The van der Waals surface area contributed by atoms with E-state index < -0.39 is 0 Å². The Morgan fingerprint density at radius 2 is 2.25 bits per heavy atom. The zero-order valence-electron chi connectivity index (χ0n) is 10.9. The predicted molar refractivity (Wildman–Crippen MR) is 69.8 cm³/mol. The van der Waals surface area contributed by atoms with E-state index in [1.165, 1.54) is 12.4 Å². The zero-order valence-corrected chi connectivity index (χ0v) is 10.9. The Kier molecular flexibility index (Phi) is 2.90. The van der Waals surface area contributed by atoms with E-state index in [2.05, 4.69) is 25.2 Å². The summed E-state index contributed by atoms with van der Waals surface area (Å²) < 4.78 is 7.02. The lowest BCUT2D eigenvalue weighted by Crippen LogP contribution is -2.05. The molecule has 3 aromatic heterocycles. The standard InChI is InChI=1S/C12H12N6O2/c1-7(2)18-9(3-4-15-18)12-16-11(17-20-12)8-5-14-10(19)6-13-8/h3-7H,1-2H3,(H,14,19). The third-order valence-corrected chi connectivity index (χ3v) is 2.71. The Bertz CT molecular complexity index is 765. The summed E-state index contributed by atoms with van der Waals surface area (Å²) >= 11 is 0. The third kappa shape index (κ3) is 2.11. The van der Waals surface area contributed by atoms with Gasteiger partial charge in [-0.15, -0.1) is 0 Å². The van der Waals surface area contributed by atoms with Crippen LogP contribution in [0.1, 0.15) is 19.9 Å². The van der Waals surface area contributed by atoms with E-state index in [0.29, 0.717) is 17.4 Å². The fourth-order valence-corrected chi connectivity index (χ4v) is 1.79. The minimum absolute atomic E-state index is 0.182. The number of hydrogen-bond acceptors (Lipinski definition) is 6. The van der Waals surface area contributed by atoms with Crippen molar-refractivity contribution in [3.8, 4) is 23.1 Å². The van der Waals surface area contributed by atoms with Crippen LogP contribution in [0.4, 0.5) is 0 Å². The number of aromatic amines is 1. The molecule has 0 aliphatic heterocycles. The van der Waals surface area contributed by atoms with Crippen LogP contribution in [0.5, 0.6) is 0 Å². The van der Waals surface area contributed by atoms with Crippen LogP contribution >= 0.6 is 0 Å². The molecule has 20 heavy (non-hydrogen) atoms. The van der Waals surface area contributed by atoms with E-state index in [1.54, 1.807) is 16.9 Å². The first-order valence-corrected chi connectivity index (χ1v) is 6.08. The van der Waals surface area contributed by atoms with Gasteiger partial charge in [-0.25, -0.2) is 4.98 Å². The molecule has 0 aromatic carbocycles. The van der Waals surface area contributed by atoms with Crippen LogP contribution in [0.25, 0.3) is 23.1 Å². The fourth-order valence-electron chi connectivity index (χ4n) is 1.79. The molecule has 8 heteroatoms. The molecule has 0 bridgehead atoms. The Hall–Kier alpha value is -2.77. The highest BCUT2D eigenvalue weighted by Crippen LogP contribution is 2.22. The van der Waals surface area contributed by atoms with E-state index in [1.807, 2.05) is 13.8 Å². The third-order valence-electron chi connectivity index (χ3n) is 2.71. The first-order valence-electron chi connectivity index (χ1n) is 6.08. The normalized spacial score (nSPS) is 11.2. The van der Waals surface area contributed by atoms with E-state index in [-0.39, 0.29) is 11.6 Å². The summed E-state index contributed by atoms with van der Waals surface area (Å²) in [5.41, 5.74) is 0.897. The van der Waals surface area contributed by atoms with Crippen LogP contribution < -0.4 is 5.56 Å². The summed E-state index contributed by atoms with van der Waals surface area (Å²) in [5.74, 6) is 0.673. The maximum absolute atomic E-state index is 11.0. The number of rotatable bonds is 3. The number of nitrogens with zero attached hydrogens (tertiary/aromatic N) is 5. The summed E-state index contributed by atoms with van der Waals surface area (Å²) in [4.78, 5) is 21.7. The van der Waals surface area contributed by atoms with Gasteiger partial charge >= 0.3 is 0 Å². The van der Waals surface area contributed by atoms with Crippen molar-refractivity contribution in [2.45, 2.75) is 19.9 Å². The summed E-state index contributed by atoms with van der Waals surface area (Å²) in [5, 5.41) is 8.07. The van der Waals surface area contributed by atoms with Gasteiger partial charge in [0.15, 0.2) is 0 Å². The lowest BCUT2D eigenvalue weighted by Gasteiger charge is -2.07. The highest BCUT2D eigenvalue weighted by Gasteiger charge is 2.16. The van der Waals surface area contributed by atoms with E-state index in [9.17, 15) is 4.79 Å². The lowest BCUT2D eigenvalue weighted by atomic mass is 10.3. The maximum atomic E-state index is 11.0. The van der Waals surface area contributed by atoms with Gasteiger partial charge in [-0.2, -0.15) is 10.1 Å². The van der Waals surface area contributed by atoms with Crippen LogP contribution in [-0.2, 0) is 0 Å². The second-order valence-electron chi connectivity index (χ2n) is 4.47. The zero-order chi connectivity index (χ0) is 14.1. The smallest absolute Gasteiger partial charge is 0.276 e. The topological polar surface area (TPSA) is 102 Å². The minimum atomic E-state index is -0.282.